The second-order valence-electron chi connectivity index (χ2n) is 13.4. The van der Waals surface area contributed by atoms with Crippen LogP contribution < -0.4 is 15.0 Å². The van der Waals surface area contributed by atoms with E-state index in [1.54, 1.807) is 30.1 Å². The molecular formula is C31H39F3N8O2Si. The van der Waals surface area contributed by atoms with Crippen molar-refractivity contribution in [3.05, 3.63) is 48.7 Å². The number of aryl methyl sites for hydroxylation is 1. The predicted octanol–water partition coefficient (Wildman–Crippen LogP) is 6.57. The lowest BCUT2D eigenvalue weighted by Gasteiger charge is -2.44. The van der Waals surface area contributed by atoms with Gasteiger partial charge in [0.15, 0.2) is 5.82 Å². The standard InChI is InChI=1S/C31H39F3N8O2Si/c1-40-29(38-28(39-40)21-6-9-26(35-15-21)41-11-10-30(19-41)17-31(33,34)18-30)37-22-7-8-23(25(14-22)43-2)24-16-36-42(27(24)32)20-44-12-13-45(3,4)5/h6-9,14-16H,10-13,17-20H2,1-5H3,(H,37,38,39). The quantitative estimate of drug-likeness (QED) is 0.145. The molecule has 0 radical (unpaired) electrons. The fourth-order valence-corrected chi connectivity index (χ4v) is 6.83. The zero-order valence-corrected chi connectivity index (χ0v) is 27.3. The molecule has 1 aliphatic carbocycles. The van der Waals surface area contributed by atoms with Gasteiger partial charge in [0.2, 0.25) is 17.8 Å². The van der Waals surface area contributed by atoms with Crippen molar-refractivity contribution in [3.8, 4) is 28.3 Å². The van der Waals surface area contributed by atoms with Crippen LogP contribution in [-0.2, 0) is 18.5 Å². The summed E-state index contributed by atoms with van der Waals surface area (Å²) in [7, 11) is 2.07. The topological polar surface area (TPSA) is 95.1 Å². The molecule has 1 aromatic carbocycles. The fourth-order valence-electron chi connectivity index (χ4n) is 6.08. The molecule has 45 heavy (non-hydrogen) atoms. The number of hydrogen-bond donors (Lipinski definition) is 1. The van der Waals surface area contributed by atoms with Crippen LogP contribution in [0.1, 0.15) is 19.3 Å². The highest BCUT2D eigenvalue weighted by molar-refractivity contribution is 6.76. The van der Waals surface area contributed by atoms with Gasteiger partial charge in [-0.2, -0.15) is 14.5 Å². The van der Waals surface area contributed by atoms with Gasteiger partial charge in [-0.3, -0.25) is 0 Å². The largest absolute Gasteiger partial charge is 0.496 e. The number of benzene rings is 1. The zero-order valence-electron chi connectivity index (χ0n) is 26.3. The molecule has 0 amide bonds. The second-order valence-corrected chi connectivity index (χ2v) is 19.0. The normalized spacial score (nSPS) is 17.1. The number of alkyl halides is 2. The average Bonchev–Trinajstić information content (AvgIpc) is 3.67. The number of methoxy groups -OCH3 is 1. The fraction of sp³-hybridized carbons (Fsp3) is 0.484. The number of nitrogens with zero attached hydrogens (tertiary/aromatic N) is 7. The first-order chi connectivity index (χ1) is 21.3. The molecule has 6 rings (SSSR count). The van der Waals surface area contributed by atoms with Gasteiger partial charge < -0.3 is 19.7 Å². The average molecular weight is 641 g/mol. The maximum Gasteiger partial charge on any atom is 0.249 e. The second kappa shape index (κ2) is 11.8. The van der Waals surface area contributed by atoms with Gasteiger partial charge in [0.25, 0.3) is 0 Å². The third kappa shape index (κ3) is 6.71. The van der Waals surface area contributed by atoms with Crippen molar-refractivity contribution >= 4 is 25.5 Å². The Morgan fingerprint density at radius 3 is 2.56 bits per heavy atom. The lowest BCUT2D eigenvalue weighted by molar-refractivity contribution is -0.152. The summed E-state index contributed by atoms with van der Waals surface area (Å²) < 4.78 is 56.4. The molecule has 1 saturated carbocycles. The Balaban J connectivity index is 1.11. The molecule has 2 aliphatic rings. The summed E-state index contributed by atoms with van der Waals surface area (Å²) in [5.74, 6) is -0.806. The van der Waals surface area contributed by atoms with Gasteiger partial charge in [0.05, 0.1) is 18.9 Å². The van der Waals surface area contributed by atoms with Crippen LogP contribution in [0.5, 0.6) is 5.75 Å². The van der Waals surface area contributed by atoms with Crippen molar-refractivity contribution in [3.63, 3.8) is 0 Å². The molecule has 0 bridgehead atoms. The minimum absolute atomic E-state index is 0.0349. The summed E-state index contributed by atoms with van der Waals surface area (Å²) >= 11 is 0. The summed E-state index contributed by atoms with van der Waals surface area (Å²) in [6.45, 7) is 8.75. The molecular weight excluding hydrogens is 601 g/mol. The van der Waals surface area contributed by atoms with Crippen molar-refractivity contribution in [2.75, 3.05) is 37.0 Å². The van der Waals surface area contributed by atoms with Crippen LogP contribution in [0.2, 0.25) is 25.7 Å². The third-order valence-corrected chi connectivity index (χ3v) is 10.2. The molecule has 240 valence electrons. The molecule has 14 heteroatoms. The van der Waals surface area contributed by atoms with E-state index >= 15 is 4.39 Å². The smallest absolute Gasteiger partial charge is 0.249 e. The van der Waals surface area contributed by atoms with Crippen LogP contribution in [0.4, 0.5) is 30.6 Å². The lowest BCUT2D eigenvalue weighted by atomic mass is 9.65. The van der Waals surface area contributed by atoms with Crippen molar-refractivity contribution in [1.82, 2.24) is 29.5 Å². The third-order valence-electron chi connectivity index (χ3n) is 8.53. The van der Waals surface area contributed by atoms with Gasteiger partial charge in [0, 0.05) is 82.2 Å². The summed E-state index contributed by atoms with van der Waals surface area (Å²) in [6, 6.07) is 10.1. The summed E-state index contributed by atoms with van der Waals surface area (Å²) in [5, 5.41) is 12.0. The molecule has 1 spiro atoms. The number of hydrogen-bond acceptors (Lipinski definition) is 8. The van der Waals surface area contributed by atoms with Crippen molar-refractivity contribution < 1.29 is 22.6 Å². The van der Waals surface area contributed by atoms with Crippen molar-refractivity contribution in [1.29, 1.82) is 0 Å². The van der Waals surface area contributed by atoms with Crippen LogP contribution in [0.25, 0.3) is 22.5 Å². The maximum atomic E-state index is 15.3. The van der Waals surface area contributed by atoms with E-state index in [2.05, 4.69) is 50.0 Å². The molecule has 4 heterocycles. The SMILES string of the molecule is COc1cc(Nc2nc(-c3ccc(N4CCC5(C4)CC(F)(F)C5)nc3)nn2C)ccc1-c1cnn(COCC[Si](C)(C)C)c1F. The highest BCUT2D eigenvalue weighted by Gasteiger charge is 2.58. The van der Waals surface area contributed by atoms with Gasteiger partial charge in [-0.25, -0.2) is 23.1 Å². The molecule has 1 saturated heterocycles. The maximum absolute atomic E-state index is 15.3. The molecule has 2 fully saturated rings. The lowest BCUT2D eigenvalue weighted by Crippen LogP contribution is -2.47. The molecule has 10 nitrogen and oxygen atoms in total. The Morgan fingerprint density at radius 2 is 1.87 bits per heavy atom. The molecule has 3 aromatic heterocycles. The van der Waals surface area contributed by atoms with Gasteiger partial charge in [-0.15, -0.1) is 5.10 Å². The predicted molar refractivity (Wildman–Crippen MR) is 169 cm³/mol. The Labute approximate surface area is 261 Å². The van der Waals surface area contributed by atoms with Gasteiger partial charge >= 0.3 is 0 Å². The van der Waals surface area contributed by atoms with E-state index in [9.17, 15) is 8.78 Å². The van der Waals surface area contributed by atoms with Crippen LogP contribution >= 0.6 is 0 Å². The Hall–Kier alpha value is -3.91. The number of halogens is 3. The molecule has 0 atom stereocenters. The van der Waals surface area contributed by atoms with Gasteiger partial charge in [-0.1, -0.05) is 19.6 Å². The molecule has 4 aromatic rings. The number of pyridine rings is 1. The molecule has 1 N–H and O–H groups in total. The van der Waals surface area contributed by atoms with E-state index in [1.807, 2.05) is 18.2 Å². The van der Waals surface area contributed by atoms with Crippen LogP contribution in [0.3, 0.4) is 0 Å². The Morgan fingerprint density at radius 1 is 1.07 bits per heavy atom. The number of anilines is 3. The van der Waals surface area contributed by atoms with E-state index in [-0.39, 0.29) is 25.0 Å². The van der Waals surface area contributed by atoms with E-state index in [0.29, 0.717) is 47.5 Å². The van der Waals surface area contributed by atoms with E-state index in [1.165, 1.54) is 18.0 Å². The van der Waals surface area contributed by atoms with Crippen LogP contribution in [0.15, 0.2) is 42.7 Å². The van der Waals surface area contributed by atoms with E-state index < -0.39 is 19.9 Å². The summed E-state index contributed by atoms with van der Waals surface area (Å²) in [6.07, 6.45) is 3.88. The van der Waals surface area contributed by atoms with Crippen molar-refractivity contribution in [2.45, 2.75) is 57.6 Å². The summed E-state index contributed by atoms with van der Waals surface area (Å²) in [4.78, 5) is 11.3. The molecule has 1 aliphatic heterocycles. The highest BCUT2D eigenvalue weighted by Crippen LogP contribution is 2.56. The Bertz CT molecular complexity index is 1660. The number of rotatable bonds is 11. The van der Waals surface area contributed by atoms with Crippen molar-refractivity contribution in [2.24, 2.45) is 12.5 Å². The van der Waals surface area contributed by atoms with Crippen LogP contribution in [-0.4, -0.2) is 70.3 Å². The zero-order chi connectivity index (χ0) is 32.0. The Kier molecular flexibility index (Phi) is 8.14. The van der Waals surface area contributed by atoms with Gasteiger partial charge in [0.1, 0.15) is 18.3 Å². The minimum atomic E-state index is -2.53. The highest BCUT2D eigenvalue weighted by atomic mass is 28.3. The summed E-state index contributed by atoms with van der Waals surface area (Å²) in [5.41, 5.74) is 2.01. The van der Waals surface area contributed by atoms with E-state index in [0.717, 1.165) is 30.4 Å². The number of nitrogens with one attached hydrogen (secondary N) is 1. The number of aromatic nitrogens is 6. The number of ether oxygens (including phenoxy) is 2. The first-order valence-electron chi connectivity index (χ1n) is 15.1. The van der Waals surface area contributed by atoms with Crippen LogP contribution in [0, 0.1) is 11.4 Å². The van der Waals surface area contributed by atoms with Gasteiger partial charge in [-0.05, 0) is 36.7 Å². The molecule has 0 unspecified atom stereocenters. The first-order valence-corrected chi connectivity index (χ1v) is 18.8. The van der Waals surface area contributed by atoms with E-state index in [4.69, 9.17) is 9.47 Å². The first kappa shape index (κ1) is 31.1. The minimum Gasteiger partial charge on any atom is -0.496 e. The monoisotopic (exact) mass is 640 g/mol.